The molecule has 0 aliphatic heterocycles. The maximum absolute atomic E-state index is 10.3. The first-order valence-electron chi connectivity index (χ1n) is 9.03. The summed E-state index contributed by atoms with van der Waals surface area (Å²) in [4.78, 5) is 10.3. The first kappa shape index (κ1) is 20.2. The predicted molar refractivity (Wildman–Crippen MR) is 91.6 cm³/mol. The van der Waals surface area contributed by atoms with Crippen LogP contribution in [0.2, 0.25) is 0 Å². The van der Waals surface area contributed by atoms with E-state index in [4.69, 9.17) is 5.11 Å². The van der Waals surface area contributed by atoms with Gasteiger partial charge in [0.05, 0.1) is 0 Å². The van der Waals surface area contributed by atoms with Crippen LogP contribution in [0.1, 0.15) is 97.3 Å². The Morgan fingerprint density at radius 3 is 2.10 bits per heavy atom. The zero-order valence-corrected chi connectivity index (χ0v) is 14.3. The topological polar surface area (TPSA) is 37.3 Å². The van der Waals surface area contributed by atoms with E-state index in [9.17, 15) is 4.79 Å². The summed E-state index contributed by atoms with van der Waals surface area (Å²) in [5.41, 5.74) is 0. The molecule has 1 N–H and O–H groups in total. The molecule has 0 aromatic carbocycles. The number of aliphatic carboxylic acids is 1. The molecule has 0 rings (SSSR count). The fourth-order valence-electron chi connectivity index (χ4n) is 2.70. The number of allylic oxidation sites excluding steroid dienone is 2. The summed E-state index contributed by atoms with van der Waals surface area (Å²) in [5.74, 6) is 0.238. The van der Waals surface area contributed by atoms with Crippen molar-refractivity contribution in [1.82, 2.24) is 0 Å². The number of carboxylic acid groups (broad SMARTS) is 1. The van der Waals surface area contributed by atoms with Gasteiger partial charge in [-0.05, 0) is 38.0 Å². The van der Waals surface area contributed by atoms with E-state index < -0.39 is 5.97 Å². The van der Waals surface area contributed by atoms with Gasteiger partial charge < -0.3 is 5.11 Å². The van der Waals surface area contributed by atoms with Gasteiger partial charge >= 0.3 is 5.97 Å². The van der Waals surface area contributed by atoms with Crippen LogP contribution in [0, 0.1) is 5.92 Å². The summed E-state index contributed by atoms with van der Waals surface area (Å²) in [5, 5.41) is 8.52. The average molecular weight is 296 g/mol. The molecule has 0 aliphatic carbocycles. The molecule has 1 atom stereocenters. The minimum absolute atomic E-state index is 0.330. The van der Waals surface area contributed by atoms with Gasteiger partial charge in [-0.15, -0.1) is 0 Å². The third-order valence-electron chi connectivity index (χ3n) is 4.03. The van der Waals surface area contributed by atoms with E-state index in [1.165, 1.54) is 64.2 Å². The van der Waals surface area contributed by atoms with Crippen molar-refractivity contribution >= 4 is 5.97 Å². The molecule has 124 valence electrons. The highest BCUT2D eigenvalue weighted by Gasteiger charge is 1.99. The lowest BCUT2D eigenvalue weighted by molar-refractivity contribution is -0.137. The first-order valence-corrected chi connectivity index (χ1v) is 9.03. The van der Waals surface area contributed by atoms with Gasteiger partial charge in [-0.3, -0.25) is 4.79 Å². The van der Waals surface area contributed by atoms with Crippen molar-refractivity contribution < 1.29 is 9.90 Å². The van der Waals surface area contributed by atoms with E-state index in [-0.39, 0.29) is 0 Å². The fraction of sp³-hybridized carbons (Fsp3) is 0.842. The molecule has 0 aromatic heterocycles. The molecule has 2 nitrogen and oxygen atoms in total. The van der Waals surface area contributed by atoms with Crippen molar-refractivity contribution in [3.8, 4) is 0 Å². The van der Waals surface area contributed by atoms with Crippen LogP contribution in [-0.4, -0.2) is 11.1 Å². The van der Waals surface area contributed by atoms with Crippen LogP contribution < -0.4 is 0 Å². The van der Waals surface area contributed by atoms with E-state index in [1.54, 1.807) is 0 Å². The average Bonchev–Trinajstić information content (AvgIpc) is 2.44. The molecule has 0 aromatic rings. The SMILES string of the molecule is CCCC(C)CCCCC=CCCCCCCCC(=O)O. The lowest BCUT2D eigenvalue weighted by Crippen LogP contribution is -1.93. The zero-order chi connectivity index (χ0) is 15.8. The maximum atomic E-state index is 10.3. The second kappa shape index (κ2) is 15.6. The highest BCUT2D eigenvalue weighted by molar-refractivity contribution is 5.66. The first-order chi connectivity index (χ1) is 10.2. The highest BCUT2D eigenvalue weighted by Crippen LogP contribution is 2.14. The summed E-state index contributed by atoms with van der Waals surface area (Å²) in [6.45, 7) is 4.64. The Hall–Kier alpha value is -0.790. The smallest absolute Gasteiger partial charge is 0.303 e. The van der Waals surface area contributed by atoms with E-state index in [0.29, 0.717) is 6.42 Å². The molecule has 0 spiro atoms. The standard InChI is InChI=1S/C19H36O2/c1-3-15-18(2)16-13-11-9-7-5-4-6-8-10-12-14-17-19(20)21/h5,7,18H,3-4,6,8-17H2,1-2H3,(H,20,21). The van der Waals surface area contributed by atoms with Crippen molar-refractivity contribution in [3.05, 3.63) is 12.2 Å². The summed E-state index contributed by atoms with van der Waals surface area (Å²) in [7, 11) is 0. The predicted octanol–water partition coefficient (Wildman–Crippen LogP) is 6.35. The Morgan fingerprint density at radius 1 is 0.905 bits per heavy atom. The molecule has 2 heteroatoms. The lowest BCUT2D eigenvalue weighted by Gasteiger charge is -2.08. The zero-order valence-electron chi connectivity index (χ0n) is 14.3. The highest BCUT2D eigenvalue weighted by atomic mass is 16.4. The molecule has 21 heavy (non-hydrogen) atoms. The third-order valence-corrected chi connectivity index (χ3v) is 4.03. The number of hydrogen-bond donors (Lipinski definition) is 1. The van der Waals surface area contributed by atoms with Gasteiger partial charge in [0, 0.05) is 6.42 Å². The summed E-state index contributed by atoms with van der Waals surface area (Å²) >= 11 is 0. The number of carboxylic acids is 1. The minimum atomic E-state index is -0.665. The van der Waals surface area contributed by atoms with Crippen molar-refractivity contribution in [2.24, 2.45) is 5.92 Å². The molecule has 0 saturated carbocycles. The molecular formula is C19H36O2. The van der Waals surface area contributed by atoms with Gasteiger partial charge in [0.2, 0.25) is 0 Å². The van der Waals surface area contributed by atoms with Gasteiger partial charge in [-0.2, -0.15) is 0 Å². The van der Waals surface area contributed by atoms with Crippen molar-refractivity contribution in [2.45, 2.75) is 97.3 Å². The van der Waals surface area contributed by atoms with Crippen LogP contribution in [0.4, 0.5) is 0 Å². The van der Waals surface area contributed by atoms with E-state index in [1.807, 2.05) is 0 Å². The van der Waals surface area contributed by atoms with Crippen LogP contribution in [0.3, 0.4) is 0 Å². The molecule has 0 heterocycles. The minimum Gasteiger partial charge on any atom is -0.481 e. The lowest BCUT2D eigenvalue weighted by atomic mass is 9.98. The van der Waals surface area contributed by atoms with Crippen LogP contribution in [-0.2, 0) is 4.79 Å². The Labute approximate surface area is 132 Å². The van der Waals surface area contributed by atoms with Crippen molar-refractivity contribution in [3.63, 3.8) is 0 Å². The Balaban J connectivity index is 3.17. The number of carbonyl (C=O) groups is 1. The van der Waals surface area contributed by atoms with Gasteiger partial charge in [0.25, 0.3) is 0 Å². The third kappa shape index (κ3) is 17.2. The Morgan fingerprint density at radius 2 is 1.48 bits per heavy atom. The summed E-state index contributed by atoms with van der Waals surface area (Å²) in [6, 6.07) is 0. The second-order valence-electron chi connectivity index (χ2n) is 6.35. The van der Waals surface area contributed by atoms with E-state index in [0.717, 1.165) is 18.8 Å². The Kier molecular flexibility index (Phi) is 15.0. The quantitative estimate of drug-likeness (QED) is 0.282. The monoisotopic (exact) mass is 296 g/mol. The molecule has 0 bridgehead atoms. The number of hydrogen-bond acceptors (Lipinski definition) is 1. The van der Waals surface area contributed by atoms with E-state index >= 15 is 0 Å². The molecular weight excluding hydrogens is 260 g/mol. The second-order valence-corrected chi connectivity index (χ2v) is 6.35. The summed E-state index contributed by atoms with van der Waals surface area (Å²) in [6.07, 6.45) is 19.8. The van der Waals surface area contributed by atoms with Crippen molar-refractivity contribution in [1.29, 1.82) is 0 Å². The van der Waals surface area contributed by atoms with Gasteiger partial charge in [0.15, 0.2) is 0 Å². The van der Waals surface area contributed by atoms with E-state index in [2.05, 4.69) is 26.0 Å². The van der Waals surface area contributed by atoms with Crippen LogP contribution in [0.25, 0.3) is 0 Å². The maximum Gasteiger partial charge on any atom is 0.303 e. The fourth-order valence-corrected chi connectivity index (χ4v) is 2.70. The Bertz CT molecular complexity index is 258. The molecule has 0 amide bonds. The molecule has 0 aliphatic rings. The van der Waals surface area contributed by atoms with Gasteiger partial charge in [-0.25, -0.2) is 0 Å². The van der Waals surface area contributed by atoms with Gasteiger partial charge in [-0.1, -0.05) is 70.9 Å². The van der Waals surface area contributed by atoms with Crippen LogP contribution in [0.5, 0.6) is 0 Å². The molecule has 1 unspecified atom stereocenters. The largest absolute Gasteiger partial charge is 0.481 e. The number of unbranched alkanes of at least 4 members (excludes halogenated alkanes) is 7. The van der Waals surface area contributed by atoms with Crippen LogP contribution in [0.15, 0.2) is 12.2 Å². The van der Waals surface area contributed by atoms with Crippen LogP contribution >= 0.6 is 0 Å². The molecule has 0 radical (unpaired) electrons. The van der Waals surface area contributed by atoms with Crippen molar-refractivity contribution in [2.75, 3.05) is 0 Å². The van der Waals surface area contributed by atoms with Gasteiger partial charge in [0.1, 0.15) is 0 Å². The normalized spacial score (nSPS) is 12.9. The summed E-state index contributed by atoms with van der Waals surface area (Å²) < 4.78 is 0. The number of rotatable bonds is 15. The molecule has 0 saturated heterocycles. The molecule has 0 fully saturated rings.